The molecule has 1 aromatic carbocycles. The van der Waals surface area contributed by atoms with Crippen molar-refractivity contribution in [2.24, 2.45) is 0 Å². The molecule has 30 heavy (non-hydrogen) atoms. The Bertz CT molecular complexity index is 962. The monoisotopic (exact) mass is 405 g/mol. The minimum absolute atomic E-state index is 0.536. The third-order valence-electron chi connectivity index (χ3n) is 5.71. The van der Waals surface area contributed by atoms with Gasteiger partial charge in [0.15, 0.2) is 0 Å². The Morgan fingerprint density at radius 2 is 2.07 bits per heavy atom. The third kappa shape index (κ3) is 5.05. The van der Waals surface area contributed by atoms with Crippen molar-refractivity contribution in [3.05, 3.63) is 54.0 Å². The number of aromatic nitrogens is 3. The zero-order valence-electron chi connectivity index (χ0n) is 18.0. The van der Waals surface area contributed by atoms with E-state index in [0.717, 1.165) is 72.9 Å². The maximum Gasteiger partial charge on any atom is 0.226 e. The molecule has 0 aliphatic carbocycles. The van der Waals surface area contributed by atoms with Crippen molar-refractivity contribution in [1.82, 2.24) is 20.3 Å². The van der Waals surface area contributed by atoms with Crippen molar-refractivity contribution < 1.29 is 4.74 Å². The first-order chi connectivity index (χ1) is 14.7. The van der Waals surface area contributed by atoms with E-state index in [0.29, 0.717) is 12.6 Å². The molecule has 6 heteroatoms. The molecule has 1 fully saturated rings. The number of aryl methyl sites for hydroxylation is 1. The van der Waals surface area contributed by atoms with Gasteiger partial charge in [0, 0.05) is 49.4 Å². The number of hydrogen-bond acceptors (Lipinski definition) is 6. The molecule has 0 amide bonds. The average Bonchev–Trinajstić information content (AvgIpc) is 3.01. The average molecular weight is 406 g/mol. The standard InChI is InChI=1S/C24H31N5O/c1-3-30-21-9-10-23-22(17-21)18(2)27-24(28-23)29-15-6-8-20(12-16-29)26-14-11-19-7-4-5-13-25-19/h4-5,7,9-10,13,17,20,26H,3,6,8,11-12,14-16H2,1-2H3. The fourth-order valence-electron chi connectivity index (χ4n) is 4.09. The predicted octanol–water partition coefficient (Wildman–Crippen LogP) is 3.92. The molecule has 4 rings (SSSR count). The van der Waals surface area contributed by atoms with Crippen LogP contribution in [0.4, 0.5) is 5.95 Å². The van der Waals surface area contributed by atoms with Crippen molar-refractivity contribution in [3.8, 4) is 5.75 Å². The van der Waals surface area contributed by atoms with Crippen LogP contribution in [0.1, 0.15) is 37.6 Å². The Morgan fingerprint density at radius 1 is 1.13 bits per heavy atom. The van der Waals surface area contributed by atoms with Crippen LogP contribution < -0.4 is 15.0 Å². The summed E-state index contributed by atoms with van der Waals surface area (Å²) in [4.78, 5) is 16.4. The molecule has 0 bridgehead atoms. The van der Waals surface area contributed by atoms with Crippen molar-refractivity contribution in [1.29, 1.82) is 0 Å². The molecule has 1 saturated heterocycles. The molecule has 1 unspecified atom stereocenters. The minimum atomic E-state index is 0.536. The molecular weight excluding hydrogens is 374 g/mol. The second-order valence-corrected chi connectivity index (χ2v) is 7.86. The molecule has 1 N–H and O–H groups in total. The van der Waals surface area contributed by atoms with E-state index in [2.05, 4.69) is 34.3 Å². The second kappa shape index (κ2) is 9.85. The number of rotatable bonds is 7. The predicted molar refractivity (Wildman–Crippen MR) is 121 cm³/mol. The van der Waals surface area contributed by atoms with Gasteiger partial charge in [0.1, 0.15) is 5.75 Å². The first-order valence-corrected chi connectivity index (χ1v) is 11.0. The van der Waals surface area contributed by atoms with Crippen LogP contribution in [0.5, 0.6) is 5.75 Å². The van der Waals surface area contributed by atoms with Crippen LogP contribution >= 0.6 is 0 Å². The molecule has 0 radical (unpaired) electrons. The highest BCUT2D eigenvalue weighted by Gasteiger charge is 2.19. The van der Waals surface area contributed by atoms with Crippen LogP contribution in [-0.2, 0) is 6.42 Å². The van der Waals surface area contributed by atoms with Gasteiger partial charge in [0.05, 0.1) is 17.8 Å². The maximum atomic E-state index is 5.63. The van der Waals surface area contributed by atoms with Crippen LogP contribution in [0.2, 0.25) is 0 Å². The van der Waals surface area contributed by atoms with Gasteiger partial charge in [-0.25, -0.2) is 9.97 Å². The lowest BCUT2D eigenvalue weighted by molar-refractivity contribution is 0.340. The Hall–Kier alpha value is -2.73. The van der Waals surface area contributed by atoms with Crippen molar-refractivity contribution in [3.63, 3.8) is 0 Å². The van der Waals surface area contributed by atoms with Crippen LogP contribution in [0.3, 0.4) is 0 Å². The number of fused-ring (bicyclic) bond motifs is 1. The van der Waals surface area contributed by atoms with Crippen molar-refractivity contribution in [2.75, 3.05) is 31.1 Å². The highest BCUT2D eigenvalue weighted by Crippen LogP contribution is 2.25. The lowest BCUT2D eigenvalue weighted by Crippen LogP contribution is -2.33. The summed E-state index contributed by atoms with van der Waals surface area (Å²) in [7, 11) is 0. The van der Waals surface area contributed by atoms with E-state index in [1.165, 1.54) is 6.42 Å². The van der Waals surface area contributed by atoms with E-state index in [1.54, 1.807) is 0 Å². The molecule has 1 atom stereocenters. The fourth-order valence-corrected chi connectivity index (χ4v) is 4.09. The largest absolute Gasteiger partial charge is 0.494 e. The number of nitrogens with zero attached hydrogens (tertiary/aromatic N) is 4. The summed E-state index contributed by atoms with van der Waals surface area (Å²) in [6.07, 6.45) is 6.26. The van der Waals surface area contributed by atoms with E-state index >= 15 is 0 Å². The lowest BCUT2D eigenvalue weighted by Gasteiger charge is -2.22. The topological polar surface area (TPSA) is 63.2 Å². The van der Waals surface area contributed by atoms with Crippen LogP contribution in [0.25, 0.3) is 10.9 Å². The molecule has 2 aromatic heterocycles. The summed E-state index contributed by atoms with van der Waals surface area (Å²) >= 11 is 0. The van der Waals surface area contributed by atoms with Gasteiger partial charge in [-0.1, -0.05) is 6.07 Å². The van der Waals surface area contributed by atoms with Gasteiger partial charge < -0.3 is 15.0 Å². The Labute approximate surface area is 178 Å². The van der Waals surface area contributed by atoms with Gasteiger partial charge >= 0.3 is 0 Å². The quantitative estimate of drug-likeness (QED) is 0.643. The molecule has 3 heterocycles. The van der Waals surface area contributed by atoms with E-state index < -0.39 is 0 Å². The minimum Gasteiger partial charge on any atom is -0.494 e. The number of anilines is 1. The summed E-state index contributed by atoms with van der Waals surface area (Å²) in [5.41, 5.74) is 3.13. The Morgan fingerprint density at radius 3 is 2.90 bits per heavy atom. The summed E-state index contributed by atoms with van der Waals surface area (Å²) in [5, 5.41) is 4.78. The normalized spacial score (nSPS) is 17.1. The number of benzene rings is 1. The molecule has 1 aliphatic rings. The lowest BCUT2D eigenvalue weighted by atomic mass is 10.1. The van der Waals surface area contributed by atoms with Crippen molar-refractivity contribution >= 4 is 16.9 Å². The molecule has 1 aliphatic heterocycles. The summed E-state index contributed by atoms with van der Waals surface area (Å²) in [6.45, 7) is 7.66. The summed E-state index contributed by atoms with van der Waals surface area (Å²) in [6, 6.07) is 12.7. The van der Waals surface area contributed by atoms with Crippen LogP contribution in [-0.4, -0.2) is 47.2 Å². The van der Waals surface area contributed by atoms with Gasteiger partial charge in [-0.3, -0.25) is 4.98 Å². The number of nitrogens with one attached hydrogen (secondary N) is 1. The summed E-state index contributed by atoms with van der Waals surface area (Å²) in [5.74, 6) is 1.72. The number of pyridine rings is 1. The van der Waals surface area contributed by atoms with Crippen LogP contribution in [0, 0.1) is 6.92 Å². The Kier molecular flexibility index (Phi) is 6.74. The second-order valence-electron chi connectivity index (χ2n) is 7.86. The smallest absolute Gasteiger partial charge is 0.226 e. The SMILES string of the molecule is CCOc1ccc2nc(N3CCCC(NCCc4ccccn4)CC3)nc(C)c2c1. The first kappa shape index (κ1) is 20.5. The molecule has 0 spiro atoms. The van der Waals surface area contributed by atoms with Gasteiger partial charge in [0.25, 0.3) is 0 Å². The van der Waals surface area contributed by atoms with Crippen molar-refractivity contribution in [2.45, 2.75) is 45.6 Å². The van der Waals surface area contributed by atoms with Gasteiger partial charge in [0.2, 0.25) is 5.95 Å². The molecule has 3 aromatic rings. The third-order valence-corrected chi connectivity index (χ3v) is 5.71. The number of ether oxygens (including phenoxy) is 1. The van der Waals surface area contributed by atoms with E-state index in [9.17, 15) is 0 Å². The van der Waals surface area contributed by atoms with E-state index in [1.807, 2.05) is 37.4 Å². The highest BCUT2D eigenvalue weighted by atomic mass is 16.5. The molecule has 0 saturated carbocycles. The molecular formula is C24H31N5O. The highest BCUT2D eigenvalue weighted by molar-refractivity contribution is 5.83. The van der Waals surface area contributed by atoms with Gasteiger partial charge in [-0.2, -0.15) is 0 Å². The zero-order valence-corrected chi connectivity index (χ0v) is 18.0. The van der Waals surface area contributed by atoms with Gasteiger partial charge in [-0.05, 0) is 63.4 Å². The van der Waals surface area contributed by atoms with Gasteiger partial charge in [-0.15, -0.1) is 0 Å². The molecule has 6 nitrogen and oxygen atoms in total. The first-order valence-electron chi connectivity index (χ1n) is 11.0. The Balaban J connectivity index is 1.37. The number of hydrogen-bond donors (Lipinski definition) is 1. The van der Waals surface area contributed by atoms with E-state index in [-0.39, 0.29) is 0 Å². The maximum absolute atomic E-state index is 5.63. The fraction of sp³-hybridized carbons (Fsp3) is 0.458. The zero-order chi connectivity index (χ0) is 20.8. The summed E-state index contributed by atoms with van der Waals surface area (Å²) < 4.78 is 5.63. The molecule has 158 valence electrons. The van der Waals surface area contributed by atoms with E-state index in [4.69, 9.17) is 14.7 Å². The van der Waals surface area contributed by atoms with Crippen LogP contribution in [0.15, 0.2) is 42.6 Å².